The molecule has 4 aromatic rings. The molecule has 1 aliphatic heterocycles. The van der Waals surface area contributed by atoms with Crippen LogP contribution in [0.2, 0.25) is 0 Å². The lowest BCUT2D eigenvalue weighted by atomic mass is 9.94. The third-order valence-electron chi connectivity index (χ3n) is 6.74. The first kappa shape index (κ1) is 23.3. The van der Waals surface area contributed by atoms with Gasteiger partial charge in [-0.05, 0) is 43.2 Å². The maximum atomic E-state index is 10.3. The van der Waals surface area contributed by atoms with Crippen molar-refractivity contribution in [3.63, 3.8) is 0 Å². The van der Waals surface area contributed by atoms with Gasteiger partial charge in [0.1, 0.15) is 23.6 Å². The van der Waals surface area contributed by atoms with E-state index in [0.717, 1.165) is 59.4 Å². The first-order chi connectivity index (χ1) is 16.9. The summed E-state index contributed by atoms with van der Waals surface area (Å²) in [5.74, 6) is 1.56. The van der Waals surface area contributed by atoms with Crippen molar-refractivity contribution in [1.29, 1.82) is 0 Å². The molecule has 3 heterocycles. The van der Waals surface area contributed by atoms with E-state index in [0.29, 0.717) is 5.75 Å². The molecule has 5 rings (SSSR count). The highest BCUT2D eigenvalue weighted by Gasteiger charge is 2.24. The summed E-state index contributed by atoms with van der Waals surface area (Å²) >= 11 is 0. The molecule has 9 heteroatoms. The van der Waals surface area contributed by atoms with Crippen LogP contribution in [0.3, 0.4) is 0 Å². The van der Waals surface area contributed by atoms with E-state index >= 15 is 0 Å². The molecule has 184 valence electrons. The highest BCUT2D eigenvalue weighted by atomic mass is 16.5. The molecule has 1 fully saturated rings. The molecule has 0 bridgehead atoms. The SMILES string of the molecule is CC(CO)(CO)COc1ccc2c(c1)ncn2-c1ccc2cc(O)cc(N3CCC(N)CC3)c2n1. The van der Waals surface area contributed by atoms with Gasteiger partial charge < -0.3 is 30.7 Å². The molecular weight excluding hydrogens is 446 g/mol. The van der Waals surface area contributed by atoms with E-state index in [1.807, 2.05) is 34.9 Å². The lowest BCUT2D eigenvalue weighted by Crippen LogP contribution is -2.39. The second-order valence-corrected chi connectivity index (χ2v) is 9.71. The number of nitrogens with two attached hydrogens (primary N) is 1. The Morgan fingerprint density at radius 2 is 1.86 bits per heavy atom. The third kappa shape index (κ3) is 4.62. The molecule has 2 aromatic carbocycles. The Hall–Kier alpha value is -3.40. The quantitative estimate of drug-likeness (QED) is 0.320. The van der Waals surface area contributed by atoms with Gasteiger partial charge in [0.25, 0.3) is 0 Å². The molecule has 0 amide bonds. The number of aromatic nitrogens is 3. The Morgan fingerprint density at radius 3 is 2.60 bits per heavy atom. The number of aliphatic hydroxyl groups is 2. The van der Waals surface area contributed by atoms with E-state index in [1.165, 1.54) is 0 Å². The molecule has 9 nitrogen and oxygen atoms in total. The molecule has 0 aliphatic carbocycles. The number of rotatable bonds is 7. The minimum Gasteiger partial charge on any atom is -0.508 e. The summed E-state index contributed by atoms with van der Waals surface area (Å²) in [7, 11) is 0. The predicted molar refractivity (Wildman–Crippen MR) is 135 cm³/mol. The number of aromatic hydroxyl groups is 1. The maximum Gasteiger partial charge on any atom is 0.139 e. The highest BCUT2D eigenvalue weighted by molar-refractivity contribution is 5.93. The number of fused-ring (bicyclic) bond motifs is 2. The van der Waals surface area contributed by atoms with Crippen LogP contribution in [-0.4, -0.2) is 68.8 Å². The van der Waals surface area contributed by atoms with Crippen molar-refractivity contribution in [2.75, 3.05) is 37.8 Å². The van der Waals surface area contributed by atoms with Crippen molar-refractivity contribution in [3.05, 3.63) is 48.8 Å². The standard InChI is InChI=1S/C26H31N5O4/c1-26(13-32,14-33)15-35-20-3-4-22-21(12-20)28-16-31(22)24-5-2-17-10-19(34)11-23(25(17)29-24)30-8-6-18(27)7-9-30/h2-5,10-12,16,18,32-34H,6-9,13-15,27H2,1H3. The Bertz CT molecular complexity index is 1340. The van der Waals surface area contributed by atoms with Crippen molar-refractivity contribution in [2.45, 2.75) is 25.8 Å². The minimum atomic E-state index is -0.713. The first-order valence-electron chi connectivity index (χ1n) is 11.9. The Balaban J connectivity index is 1.48. The largest absolute Gasteiger partial charge is 0.508 e. The summed E-state index contributed by atoms with van der Waals surface area (Å²) in [6, 6.07) is 13.2. The van der Waals surface area contributed by atoms with Crippen LogP contribution in [-0.2, 0) is 0 Å². The van der Waals surface area contributed by atoms with Crippen LogP contribution in [0, 0.1) is 5.41 Å². The maximum absolute atomic E-state index is 10.3. The Morgan fingerprint density at radius 1 is 1.09 bits per heavy atom. The van der Waals surface area contributed by atoms with Gasteiger partial charge in [0, 0.05) is 42.1 Å². The minimum absolute atomic E-state index is 0.169. The van der Waals surface area contributed by atoms with Crippen LogP contribution in [0.25, 0.3) is 27.8 Å². The van der Waals surface area contributed by atoms with E-state index < -0.39 is 5.41 Å². The normalized spacial score (nSPS) is 15.3. The number of hydrogen-bond donors (Lipinski definition) is 4. The summed E-state index contributed by atoms with van der Waals surface area (Å²) in [5.41, 5.74) is 8.73. The average molecular weight is 478 g/mol. The fourth-order valence-corrected chi connectivity index (χ4v) is 4.37. The number of benzene rings is 2. The number of ether oxygens (including phenoxy) is 1. The van der Waals surface area contributed by atoms with Gasteiger partial charge in [-0.3, -0.25) is 4.57 Å². The summed E-state index contributed by atoms with van der Waals surface area (Å²) < 4.78 is 7.74. The third-order valence-corrected chi connectivity index (χ3v) is 6.74. The van der Waals surface area contributed by atoms with Gasteiger partial charge in [-0.2, -0.15) is 0 Å². The van der Waals surface area contributed by atoms with Crippen LogP contribution >= 0.6 is 0 Å². The number of aliphatic hydroxyl groups excluding tert-OH is 2. The zero-order valence-electron chi connectivity index (χ0n) is 19.8. The lowest BCUT2D eigenvalue weighted by molar-refractivity contribution is 0.0287. The average Bonchev–Trinajstić information content (AvgIpc) is 3.30. The van der Waals surface area contributed by atoms with Gasteiger partial charge in [0.05, 0.1) is 42.1 Å². The molecule has 5 N–H and O–H groups in total. The van der Waals surface area contributed by atoms with Gasteiger partial charge in [-0.25, -0.2) is 9.97 Å². The summed E-state index contributed by atoms with van der Waals surface area (Å²) in [6.45, 7) is 3.27. The molecule has 1 saturated heterocycles. The zero-order chi connectivity index (χ0) is 24.6. The van der Waals surface area contributed by atoms with Crippen molar-refractivity contribution >= 4 is 27.6 Å². The van der Waals surface area contributed by atoms with Crippen LogP contribution in [0.5, 0.6) is 11.5 Å². The molecular formula is C26H31N5O4. The van der Waals surface area contributed by atoms with E-state index in [-0.39, 0.29) is 31.6 Å². The van der Waals surface area contributed by atoms with Gasteiger partial charge in [0.15, 0.2) is 0 Å². The van der Waals surface area contributed by atoms with E-state index in [4.69, 9.17) is 15.5 Å². The number of pyridine rings is 1. The van der Waals surface area contributed by atoms with Gasteiger partial charge >= 0.3 is 0 Å². The topological polar surface area (TPSA) is 130 Å². The van der Waals surface area contributed by atoms with Crippen LogP contribution < -0.4 is 15.4 Å². The van der Waals surface area contributed by atoms with Crippen molar-refractivity contribution < 1.29 is 20.1 Å². The number of imidazole rings is 1. The lowest BCUT2D eigenvalue weighted by Gasteiger charge is -2.32. The van der Waals surface area contributed by atoms with Gasteiger partial charge in [-0.15, -0.1) is 0 Å². The summed E-state index contributed by atoms with van der Waals surface area (Å²) in [5, 5.41) is 30.1. The summed E-state index contributed by atoms with van der Waals surface area (Å²) in [4.78, 5) is 11.7. The second-order valence-electron chi connectivity index (χ2n) is 9.71. The fraction of sp³-hybridized carbons (Fsp3) is 0.385. The van der Waals surface area contributed by atoms with E-state index in [1.54, 1.807) is 25.4 Å². The predicted octanol–water partition coefficient (Wildman–Crippen LogP) is 2.58. The van der Waals surface area contributed by atoms with Crippen molar-refractivity contribution in [2.24, 2.45) is 11.1 Å². The molecule has 0 spiro atoms. The van der Waals surface area contributed by atoms with E-state index in [9.17, 15) is 15.3 Å². The molecule has 2 aromatic heterocycles. The molecule has 0 atom stereocenters. The zero-order valence-corrected chi connectivity index (χ0v) is 19.8. The molecule has 0 saturated carbocycles. The number of hydrogen-bond acceptors (Lipinski definition) is 8. The highest BCUT2D eigenvalue weighted by Crippen LogP contribution is 2.33. The number of anilines is 1. The Labute approximate surface area is 203 Å². The number of phenols is 1. The van der Waals surface area contributed by atoms with Crippen molar-refractivity contribution in [3.8, 4) is 17.3 Å². The monoisotopic (exact) mass is 477 g/mol. The van der Waals surface area contributed by atoms with Crippen LogP contribution in [0.15, 0.2) is 48.8 Å². The van der Waals surface area contributed by atoms with Crippen molar-refractivity contribution in [1.82, 2.24) is 14.5 Å². The van der Waals surface area contributed by atoms with Gasteiger partial charge in [-0.1, -0.05) is 6.92 Å². The Kier molecular flexibility index (Phi) is 6.22. The number of piperidine rings is 1. The first-order valence-corrected chi connectivity index (χ1v) is 11.9. The van der Waals surface area contributed by atoms with Crippen LogP contribution in [0.4, 0.5) is 5.69 Å². The molecule has 0 unspecified atom stereocenters. The number of nitrogens with zero attached hydrogens (tertiary/aromatic N) is 4. The number of phenolic OH excluding ortho intramolecular Hbond substituents is 1. The van der Waals surface area contributed by atoms with E-state index in [2.05, 4.69) is 9.88 Å². The van der Waals surface area contributed by atoms with Crippen LogP contribution in [0.1, 0.15) is 19.8 Å². The molecule has 35 heavy (non-hydrogen) atoms. The molecule has 1 aliphatic rings. The second kappa shape index (κ2) is 9.33. The van der Waals surface area contributed by atoms with Gasteiger partial charge in [0.2, 0.25) is 0 Å². The summed E-state index contributed by atoms with van der Waals surface area (Å²) in [6.07, 6.45) is 3.54. The fourth-order valence-electron chi connectivity index (χ4n) is 4.37. The molecule has 0 radical (unpaired) electrons. The smallest absolute Gasteiger partial charge is 0.139 e.